The summed E-state index contributed by atoms with van der Waals surface area (Å²) in [6, 6.07) is 27.4. The van der Waals surface area contributed by atoms with Crippen LogP contribution in [0.15, 0.2) is 89.5 Å². The van der Waals surface area contributed by atoms with Crippen molar-refractivity contribution in [2.24, 2.45) is 5.92 Å². The number of hydrogen-bond acceptors (Lipinski definition) is 5. The van der Waals surface area contributed by atoms with Crippen molar-refractivity contribution in [3.05, 3.63) is 107 Å². The Hall–Kier alpha value is -3.48. The van der Waals surface area contributed by atoms with Gasteiger partial charge in [-0.2, -0.15) is 4.98 Å². The summed E-state index contributed by atoms with van der Waals surface area (Å²) in [6.45, 7) is 2.05. The van der Waals surface area contributed by atoms with Crippen LogP contribution in [-0.2, 0) is 11.3 Å². The molecule has 5 rings (SSSR count). The van der Waals surface area contributed by atoms with Crippen LogP contribution in [0.5, 0.6) is 0 Å². The minimum absolute atomic E-state index is 0.0672. The second kappa shape index (κ2) is 10.8. The third-order valence-corrected chi connectivity index (χ3v) is 6.57. The van der Waals surface area contributed by atoms with Crippen molar-refractivity contribution >= 4 is 17.5 Å². The van der Waals surface area contributed by atoms with Crippen LogP contribution in [-0.4, -0.2) is 34.0 Å². The maximum Gasteiger partial charge on any atom is 0.241 e. The fourth-order valence-electron chi connectivity index (χ4n) is 4.58. The van der Waals surface area contributed by atoms with Gasteiger partial charge in [-0.15, -0.1) is 0 Å². The van der Waals surface area contributed by atoms with Crippen LogP contribution < -0.4 is 5.32 Å². The lowest BCUT2D eigenvalue weighted by Crippen LogP contribution is -2.43. The molecule has 1 unspecified atom stereocenters. The number of amides is 1. The Morgan fingerprint density at radius 1 is 1.03 bits per heavy atom. The molecule has 1 amide bonds. The van der Waals surface area contributed by atoms with E-state index in [2.05, 4.69) is 44.6 Å². The number of piperidine rings is 1. The SMILES string of the molecule is O=C(NC(c1ccccc1)c1ccccc1)C1CCCN(Cc2nc(-c3cccc(Cl)c3)no2)C1. The maximum absolute atomic E-state index is 13.4. The molecular weight excluding hydrogens is 460 g/mol. The second-order valence-electron chi connectivity index (χ2n) is 8.86. The number of nitrogens with zero attached hydrogens (tertiary/aromatic N) is 3. The molecule has 1 N–H and O–H groups in total. The standard InChI is InChI=1S/C28H27ClN4O2/c29-24-15-7-13-22(17-24)27-30-25(35-32-27)19-33-16-8-14-23(18-33)28(34)31-26(20-9-3-1-4-10-20)21-11-5-2-6-12-21/h1-7,9-13,15,17,23,26H,8,14,16,18-19H2,(H,31,34). The van der Waals surface area contributed by atoms with E-state index in [9.17, 15) is 4.79 Å². The van der Waals surface area contributed by atoms with Crippen LogP contribution in [0.3, 0.4) is 0 Å². The molecule has 0 spiro atoms. The molecule has 4 aromatic rings. The molecule has 6 nitrogen and oxygen atoms in total. The van der Waals surface area contributed by atoms with Gasteiger partial charge < -0.3 is 9.84 Å². The van der Waals surface area contributed by atoms with E-state index >= 15 is 0 Å². The zero-order valence-corrected chi connectivity index (χ0v) is 20.1. The van der Waals surface area contributed by atoms with Crippen molar-refractivity contribution in [3.8, 4) is 11.4 Å². The first-order chi connectivity index (χ1) is 17.2. The topological polar surface area (TPSA) is 71.3 Å². The van der Waals surface area contributed by atoms with E-state index in [0.717, 1.165) is 36.1 Å². The molecule has 1 aromatic heterocycles. The molecule has 1 atom stereocenters. The average Bonchev–Trinajstić information content (AvgIpc) is 3.37. The van der Waals surface area contributed by atoms with Crippen molar-refractivity contribution < 1.29 is 9.32 Å². The molecule has 1 saturated heterocycles. The number of benzene rings is 3. The molecular formula is C28H27ClN4O2. The van der Waals surface area contributed by atoms with Crippen LogP contribution in [0, 0.1) is 5.92 Å². The summed E-state index contributed by atoms with van der Waals surface area (Å²) in [6.07, 6.45) is 1.80. The van der Waals surface area contributed by atoms with Gasteiger partial charge in [0, 0.05) is 17.1 Å². The molecule has 0 bridgehead atoms. The summed E-state index contributed by atoms with van der Waals surface area (Å²) in [5.41, 5.74) is 2.95. The van der Waals surface area contributed by atoms with Crippen LogP contribution >= 0.6 is 11.6 Å². The van der Waals surface area contributed by atoms with Gasteiger partial charge in [0.1, 0.15) is 0 Å². The van der Waals surface area contributed by atoms with Gasteiger partial charge in [0.15, 0.2) is 0 Å². The smallest absolute Gasteiger partial charge is 0.241 e. The van der Waals surface area contributed by atoms with E-state index in [1.807, 2.05) is 60.7 Å². The van der Waals surface area contributed by atoms with Crippen molar-refractivity contribution in [3.63, 3.8) is 0 Å². The van der Waals surface area contributed by atoms with Gasteiger partial charge >= 0.3 is 0 Å². The number of hydrogen-bond donors (Lipinski definition) is 1. The summed E-state index contributed by atoms with van der Waals surface area (Å²) < 4.78 is 5.49. The van der Waals surface area contributed by atoms with E-state index < -0.39 is 0 Å². The molecule has 0 aliphatic carbocycles. The Morgan fingerprint density at radius 2 is 1.74 bits per heavy atom. The van der Waals surface area contributed by atoms with Crippen LogP contribution in [0.4, 0.5) is 0 Å². The number of rotatable bonds is 7. The first kappa shape index (κ1) is 23.3. The molecule has 178 valence electrons. The zero-order valence-electron chi connectivity index (χ0n) is 19.3. The minimum atomic E-state index is -0.184. The molecule has 0 radical (unpaired) electrons. The van der Waals surface area contributed by atoms with Crippen LogP contribution in [0.2, 0.25) is 5.02 Å². The zero-order chi connectivity index (χ0) is 24.0. The van der Waals surface area contributed by atoms with Crippen LogP contribution in [0.25, 0.3) is 11.4 Å². The fraction of sp³-hybridized carbons (Fsp3) is 0.250. The van der Waals surface area contributed by atoms with E-state index in [4.69, 9.17) is 16.1 Å². The average molecular weight is 487 g/mol. The Labute approximate surface area is 209 Å². The van der Waals surface area contributed by atoms with Gasteiger partial charge in [-0.05, 0) is 42.6 Å². The second-order valence-corrected chi connectivity index (χ2v) is 9.30. The number of aromatic nitrogens is 2. The highest BCUT2D eigenvalue weighted by Crippen LogP contribution is 2.25. The Kier molecular flexibility index (Phi) is 7.21. The van der Waals surface area contributed by atoms with Crippen molar-refractivity contribution in [2.75, 3.05) is 13.1 Å². The van der Waals surface area contributed by atoms with Gasteiger partial charge in [0.2, 0.25) is 17.6 Å². The predicted molar refractivity (Wildman–Crippen MR) is 136 cm³/mol. The molecule has 3 aromatic carbocycles. The van der Waals surface area contributed by atoms with Crippen LogP contribution in [0.1, 0.15) is 35.9 Å². The fourth-order valence-corrected chi connectivity index (χ4v) is 4.77. The first-order valence-corrected chi connectivity index (χ1v) is 12.2. The number of likely N-dealkylation sites (tertiary alicyclic amines) is 1. The Morgan fingerprint density at radius 3 is 2.43 bits per heavy atom. The number of carbonyl (C=O) groups excluding carboxylic acids is 1. The van der Waals surface area contributed by atoms with E-state index in [1.54, 1.807) is 0 Å². The monoisotopic (exact) mass is 486 g/mol. The molecule has 2 heterocycles. The lowest BCUT2D eigenvalue weighted by molar-refractivity contribution is -0.127. The molecule has 1 aliphatic rings. The van der Waals surface area contributed by atoms with Gasteiger partial charge in [-0.3, -0.25) is 9.69 Å². The third-order valence-electron chi connectivity index (χ3n) is 6.34. The normalized spacial score (nSPS) is 16.3. The first-order valence-electron chi connectivity index (χ1n) is 11.9. The Balaban J connectivity index is 1.25. The minimum Gasteiger partial charge on any atom is -0.345 e. The largest absolute Gasteiger partial charge is 0.345 e. The highest BCUT2D eigenvalue weighted by molar-refractivity contribution is 6.30. The molecule has 0 saturated carbocycles. The van der Waals surface area contributed by atoms with E-state index in [1.165, 1.54) is 0 Å². The summed E-state index contributed by atoms with van der Waals surface area (Å²) in [7, 11) is 0. The summed E-state index contributed by atoms with van der Waals surface area (Å²) >= 11 is 6.08. The highest BCUT2D eigenvalue weighted by Gasteiger charge is 2.29. The van der Waals surface area contributed by atoms with Crippen molar-refractivity contribution in [1.29, 1.82) is 0 Å². The lowest BCUT2D eigenvalue weighted by atomic mass is 9.94. The van der Waals surface area contributed by atoms with Crippen molar-refractivity contribution in [2.45, 2.75) is 25.4 Å². The summed E-state index contributed by atoms with van der Waals surface area (Å²) in [5.74, 6) is 1.02. The molecule has 35 heavy (non-hydrogen) atoms. The summed E-state index contributed by atoms with van der Waals surface area (Å²) in [5, 5.41) is 8.04. The van der Waals surface area contributed by atoms with Gasteiger partial charge in [-0.1, -0.05) is 89.6 Å². The lowest BCUT2D eigenvalue weighted by Gasteiger charge is -2.32. The van der Waals surface area contributed by atoms with Crippen molar-refractivity contribution in [1.82, 2.24) is 20.4 Å². The Bertz CT molecular complexity index is 1220. The van der Waals surface area contributed by atoms with Gasteiger partial charge in [0.05, 0.1) is 18.5 Å². The number of carbonyl (C=O) groups is 1. The molecule has 7 heteroatoms. The third kappa shape index (κ3) is 5.78. The molecule has 1 fully saturated rings. The van der Waals surface area contributed by atoms with E-state index in [0.29, 0.717) is 29.8 Å². The number of halogens is 1. The quantitative estimate of drug-likeness (QED) is 0.373. The van der Waals surface area contributed by atoms with Gasteiger partial charge in [0.25, 0.3) is 0 Å². The van der Waals surface area contributed by atoms with E-state index in [-0.39, 0.29) is 17.9 Å². The molecule has 1 aliphatic heterocycles. The summed E-state index contributed by atoms with van der Waals surface area (Å²) in [4.78, 5) is 20.1. The highest BCUT2D eigenvalue weighted by atomic mass is 35.5. The van der Waals surface area contributed by atoms with Gasteiger partial charge in [-0.25, -0.2) is 0 Å². The predicted octanol–water partition coefficient (Wildman–Crippen LogP) is 5.51. The number of nitrogens with one attached hydrogen (secondary N) is 1. The maximum atomic E-state index is 13.4.